The monoisotopic (exact) mass is 313 g/mol. The minimum atomic E-state index is -0.668. The van der Waals surface area contributed by atoms with Crippen LogP contribution in [-0.4, -0.2) is 29.9 Å². The zero-order valence-electron chi connectivity index (χ0n) is 12.0. The molecule has 1 fully saturated rings. The Kier molecular flexibility index (Phi) is 3.04. The molecule has 112 valence electrons. The van der Waals surface area contributed by atoms with E-state index in [0.29, 0.717) is 18.7 Å². The molecule has 1 unspecified atom stereocenters. The fourth-order valence-electron chi connectivity index (χ4n) is 3.40. The van der Waals surface area contributed by atoms with Gasteiger partial charge in [0, 0.05) is 12.1 Å². The molecule has 2 aliphatic heterocycles. The lowest BCUT2D eigenvalue weighted by Crippen LogP contribution is -2.48. The number of amides is 1. The SMILES string of the molecule is O=C1OC2(CCCN(C(=O)c3cccs3)C2)c2ccccc21. The van der Waals surface area contributed by atoms with E-state index in [9.17, 15) is 9.59 Å². The van der Waals surface area contributed by atoms with Gasteiger partial charge in [0.15, 0.2) is 5.60 Å². The van der Waals surface area contributed by atoms with E-state index in [1.807, 2.05) is 40.6 Å². The van der Waals surface area contributed by atoms with Crippen LogP contribution in [0.3, 0.4) is 0 Å². The van der Waals surface area contributed by atoms with E-state index in [-0.39, 0.29) is 11.9 Å². The van der Waals surface area contributed by atoms with Gasteiger partial charge in [0.25, 0.3) is 5.91 Å². The molecule has 1 aromatic carbocycles. The second-order valence-electron chi connectivity index (χ2n) is 5.74. The molecule has 1 spiro atoms. The maximum Gasteiger partial charge on any atom is 0.339 e. The van der Waals surface area contributed by atoms with Gasteiger partial charge in [-0.1, -0.05) is 24.3 Å². The zero-order valence-corrected chi connectivity index (χ0v) is 12.8. The van der Waals surface area contributed by atoms with Crippen LogP contribution in [0.5, 0.6) is 0 Å². The maximum absolute atomic E-state index is 12.6. The van der Waals surface area contributed by atoms with Crippen molar-refractivity contribution in [3.63, 3.8) is 0 Å². The molecule has 1 atom stereocenters. The van der Waals surface area contributed by atoms with Crippen molar-refractivity contribution in [2.24, 2.45) is 0 Å². The summed E-state index contributed by atoms with van der Waals surface area (Å²) in [5, 5.41) is 1.90. The summed E-state index contributed by atoms with van der Waals surface area (Å²) in [5.74, 6) is -0.254. The van der Waals surface area contributed by atoms with E-state index in [1.165, 1.54) is 11.3 Å². The Hall–Kier alpha value is -2.14. The van der Waals surface area contributed by atoms with Crippen molar-refractivity contribution in [1.82, 2.24) is 4.90 Å². The van der Waals surface area contributed by atoms with Gasteiger partial charge in [-0.25, -0.2) is 4.79 Å². The molecule has 0 aliphatic carbocycles. The number of rotatable bonds is 1. The van der Waals surface area contributed by atoms with Crippen LogP contribution in [0.15, 0.2) is 41.8 Å². The summed E-state index contributed by atoms with van der Waals surface area (Å²) < 4.78 is 5.73. The van der Waals surface area contributed by atoms with E-state index in [4.69, 9.17) is 4.74 Å². The molecule has 3 heterocycles. The van der Waals surface area contributed by atoms with Crippen LogP contribution in [0.25, 0.3) is 0 Å². The zero-order chi connectivity index (χ0) is 15.2. The Bertz CT molecular complexity index is 740. The predicted molar refractivity (Wildman–Crippen MR) is 83.0 cm³/mol. The van der Waals surface area contributed by atoms with E-state index in [2.05, 4.69) is 0 Å². The second kappa shape index (κ2) is 4.95. The summed E-state index contributed by atoms with van der Waals surface area (Å²) in [6, 6.07) is 11.2. The number of thiophene rings is 1. The highest BCUT2D eigenvalue weighted by atomic mass is 32.1. The molecule has 0 bridgehead atoms. The summed E-state index contributed by atoms with van der Waals surface area (Å²) in [4.78, 5) is 27.3. The average molecular weight is 313 g/mol. The van der Waals surface area contributed by atoms with Gasteiger partial charge in [-0.05, 0) is 30.4 Å². The molecule has 2 aliphatic rings. The fraction of sp³-hybridized carbons (Fsp3) is 0.294. The normalized spacial score (nSPS) is 23.5. The van der Waals surface area contributed by atoms with Crippen LogP contribution in [0.1, 0.15) is 38.4 Å². The molecular formula is C17H15NO3S. The second-order valence-corrected chi connectivity index (χ2v) is 6.68. The number of carbonyl (C=O) groups is 2. The maximum atomic E-state index is 12.6. The van der Waals surface area contributed by atoms with Gasteiger partial charge in [0.05, 0.1) is 17.0 Å². The number of hydrogen-bond donors (Lipinski definition) is 0. The average Bonchev–Trinajstić information content (AvgIpc) is 3.16. The summed E-state index contributed by atoms with van der Waals surface area (Å²) in [5.41, 5.74) is 0.885. The minimum Gasteiger partial charge on any atom is -0.449 e. The third-order valence-electron chi connectivity index (χ3n) is 4.40. The van der Waals surface area contributed by atoms with Gasteiger partial charge in [0.2, 0.25) is 0 Å². The van der Waals surface area contributed by atoms with E-state index in [1.54, 1.807) is 6.07 Å². The molecular weight excluding hydrogens is 298 g/mol. The molecule has 0 radical (unpaired) electrons. The summed E-state index contributed by atoms with van der Waals surface area (Å²) >= 11 is 1.44. The molecule has 0 N–H and O–H groups in total. The first-order valence-corrected chi connectivity index (χ1v) is 8.23. The molecule has 22 heavy (non-hydrogen) atoms. The first kappa shape index (κ1) is 13.5. The first-order chi connectivity index (χ1) is 10.7. The minimum absolute atomic E-state index is 0.0227. The topological polar surface area (TPSA) is 46.6 Å². The quantitative estimate of drug-likeness (QED) is 0.760. The highest BCUT2D eigenvalue weighted by Crippen LogP contribution is 2.43. The van der Waals surface area contributed by atoms with Crippen molar-refractivity contribution in [3.05, 3.63) is 57.8 Å². The largest absolute Gasteiger partial charge is 0.449 e. The fourth-order valence-corrected chi connectivity index (χ4v) is 4.09. The summed E-state index contributed by atoms with van der Waals surface area (Å²) in [7, 11) is 0. The van der Waals surface area contributed by atoms with Crippen molar-refractivity contribution < 1.29 is 14.3 Å². The molecule has 0 saturated carbocycles. The molecule has 4 nitrogen and oxygen atoms in total. The van der Waals surface area contributed by atoms with Crippen LogP contribution in [0, 0.1) is 0 Å². The number of likely N-dealkylation sites (tertiary alicyclic amines) is 1. The van der Waals surface area contributed by atoms with E-state index in [0.717, 1.165) is 23.3 Å². The Morgan fingerprint density at radius 3 is 2.91 bits per heavy atom. The number of piperidine rings is 1. The van der Waals surface area contributed by atoms with Crippen LogP contribution in [0.2, 0.25) is 0 Å². The van der Waals surface area contributed by atoms with Crippen molar-refractivity contribution >= 4 is 23.2 Å². The Balaban J connectivity index is 1.67. The van der Waals surface area contributed by atoms with Crippen molar-refractivity contribution in [2.45, 2.75) is 18.4 Å². The van der Waals surface area contributed by atoms with Gasteiger partial charge in [-0.2, -0.15) is 0 Å². The molecule has 1 saturated heterocycles. The van der Waals surface area contributed by atoms with Gasteiger partial charge in [-0.3, -0.25) is 4.79 Å². The smallest absolute Gasteiger partial charge is 0.339 e. The Labute approximate surface area is 132 Å². The van der Waals surface area contributed by atoms with Gasteiger partial charge in [-0.15, -0.1) is 11.3 Å². The van der Waals surface area contributed by atoms with Crippen molar-refractivity contribution in [2.75, 3.05) is 13.1 Å². The predicted octanol–water partition coefficient (Wildman–Crippen LogP) is 3.05. The lowest BCUT2D eigenvalue weighted by molar-refractivity contribution is -0.0441. The number of esters is 1. The van der Waals surface area contributed by atoms with Crippen LogP contribution >= 0.6 is 11.3 Å². The van der Waals surface area contributed by atoms with Crippen LogP contribution in [-0.2, 0) is 10.3 Å². The molecule has 2 aromatic rings. The Morgan fingerprint density at radius 2 is 2.09 bits per heavy atom. The van der Waals surface area contributed by atoms with Crippen LogP contribution < -0.4 is 0 Å². The van der Waals surface area contributed by atoms with Crippen LogP contribution in [0.4, 0.5) is 0 Å². The molecule has 4 rings (SSSR count). The Morgan fingerprint density at radius 1 is 1.23 bits per heavy atom. The van der Waals surface area contributed by atoms with Gasteiger partial charge < -0.3 is 9.64 Å². The lowest BCUT2D eigenvalue weighted by Gasteiger charge is -2.39. The first-order valence-electron chi connectivity index (χ1n) is 7.35. The molecule has 5 heteroatoms. The lowest BCUT2D eigenvalue weighted by atomic mass is 9.85. The molecule has 1 amide bonds. The number of fused-ring (bicyclic) bond motifs is 2. The summed E-state index contributed by atoms with van der Waals surface area (Å²) in [6.45, 7) is 1.14. The summed E-state index contributed by atoms with van der Waals surface area (Å²) in [6.07, 6.45) is 1.60. The number of nitrogens with zero attached hydrogens (tertiary/aromatic N) is 1. The number of carbonyl (C=O) groups excluding carboxylic acids is 2. The standard InChI is InChI=1S/C17H15NO3S/c19-15(14-7-3-10-22-14)18-9-4-8-17(11-18)13-6-2-1-5-12(13)16(20)21-17/h1-3,5-7,10H,4,8-9,11H2. The van der Waals surface area contributed by atoms with E-state index >= 15 is 0 Å². The number of hydrogen-bond acceptors (Lipinski definition) is 4. The number of ether oxygens (including phenoxy) is 1. The number of benzene rings is 1. The van der Waals surface area contributed by atoms with Crippen molar-refractivity contribution in [3.8, 4) is 0 Å². The van der Waals surface area contributed by atoms with Gasteiger partial charge >= 0.3 is 5.97 Å². The van der Waals surface area contributed by atoms with Crippen molar-refractivity contribution in [1.29, 1.82) is 0 Å². The van der Waals surface area contributed by atoms with E-state index < -0.39 is 5.60 Å². The highest BCUT2D eigenvalue weighted by Gasteiger charge is 2.48. The third kappa shape index (κ3) is 1.96. The van der Waals surface area contributed by atoms with Gasteiger partial charge in [0.1, 0.15) is 0 Å². The highest BCUT2D eigenvalue weighted by molar-refractivity contribution is 7.12. The third-order valence-corrected chi connectivity index (χ3v) is 5.26. The molecule has 1 aromatic heterocycles.